The highest BCUT2D eigenvalue weighted by molar-refractivity contribution is 7.18. The zero-order chi connectivity index (χ0) is 16.9. The third-order valence-corrected chi connectivity index (χ3v) is 4.05. The van der Waals surface area contributed by atoms with Gasteiger partial charge < -0.3 is 9.73 Å². The molecular formula is C16H14N4O3S. The van der Waals surface area contributed by atoms with Crippen LogP contribution in [0, 0.1) is 0 Å². The first-order valence-electron chi connectivity index (χ1n) is 7.17. The molecule has 0 saturated carbocycles. The van der Waals surface area contributed by atoms with Crippen LogP contribution in [-0.2, 0) is 4.79 Å². The fourth-order valence-corrected chi connectivity index (χ4v) is 2.68. The lowest BCUT2D eigenvalue weighted by atomic mass is 10.2. The summed E-state index contributed by atoms with van der Waals surface area (Å²) in [5.74, 6) is -0.688. The van der Waals surface area contributed by atoms with Crippen LogP contribution < -0.4 is 10.6 Å². The Labute approximate surface area is 141 Å². The minimum absolute atomic E-state index is 0.150. The van der Waals surface area contributed by atoms with Gasteiger partial charge in [0, 0.05) is 5.56 Å². The molecule has 2 aromatic heterocycles. The summed E-state index contributed by atoms with van der Waals surface area (Å²) in [7, 11) is 0. The SMILES string of the molecule is CC(NC(=O)c1ccco1)C(=O)Nc1nnc(-c2ccccc2)s1. The van der Waals surface area contributed by atoms with E-state index < -0.39 is 11.9 Å². The molecule has 8 heteroatoms. The molecule has 0 aliphatic rings. The number of nitrogens with one attached hydrogen (secondary N) is 2. The Balaban J connectivity index is 1.60. The Morgan fingerprint density at radius 2 is 1.92 bits per heavy atom. The summed E-state index contributed by atoms with van der Waals surface area (Å²) < 4.78 is 4.98. The molecule has 7 nitrogen and oxygen atoms in total. The molecule has 0 fully saturated rings. The Kier molecular flexibility index (Phi) is 4.66. The maximum Gasteiger partial charge on any atom is 0.287 e. The van der Waals surface area contributed by atoms with Gasteiger partial charge in [-0.2, -0.15) is 0 Å². The molecule has 2 N–H and O–H groups in total. The highest BCUT2D eigenvalue weighted by atomic mass is 32.1. The van der Waals surface area contributed by atoms with Crippen molar-refractivity contribution in [2.75, 3.05) is 5.32 Å². The number of rotatable bonds is 5. The van der Waals surface area contributed by atoms with E-state index in [4.69, 9.17) is 4.42 Å². The molecule has 2 amide bonds. The number of anilines is 1. The molecule has 3 aromatic rings. The molecule has 24 heavy (non-hydrogen) atoms. The van der Waals surface area contributed by atoms with E-state index in [9.17, 15) is 9.59 Å². The predicted octanol–water partition coefficient (Wildman–Crippen LogP) is 2.56. The molecule has 0 aliphatic heterocycles. The minimum Gasteiger partial charge on any atom is -0.459 e. The van der Waals surface area contributed by atoms with Gasteiger partial charge in [0.25, 0.3) is 5.91 Å². The Bertz CT molecular complexity index is 830. The average molecular weight is 342 g/mol. The number of furan rings is 1. The van der Waals surface area contributed by atoms with Gasteiger partial charge in [-0.1, -0.05) is 41.7 Å². The van der Waals surface area contributed by atoms with E-state index in [2.05, 4.69) is 20.8 Å². The van der Waals surface area contributed by atoms with Crippen LogP contribution in [0.25, 0.3) is 10.6 Å². The average Bonchev–Trinajstić information content (AvgIpc) is 3.27. The van der Waals surface area contributed by atoms with Crippen LogP contribution in [0.3, 0.4) is 0 Å². The zero-order valence-corrected chi connectivity index (χ0v) is 13.5. The van der Waals surface area contributed by atoms with Crippen molar-refractivity contribution in [2.24, 2.45) is 0 Å². The highest BCUT2D eigenvalue weighted by Gasteiger charge is 2.19. The lowest BCUT2D eigenvalue weighted by Gasteiger charge is -2.11. The van der Waals surface area contributed by atoms with Crippen molar-refractivity contribution < 1.29 is 14.0 Å². The minimum atomic E-state index is -0.744. The van der Waals surface area contributed by atoms with E-state index in [-0.39, 0.29) is 11.7 Å². The summed E-state index contributed by atoms with van der Waals surface area (Å²) in [4.78, 5) is 24.0. The third kappa shape index (κ3) is 3.66. The van der Waals surface area contributed by atoms with Crippen molar-refractivity contribution in [2.45, 2.75) is 13.0 Å². The summed E-state index contributed by atoms with van der Waals surface area (Å²) in [5.41, 5.74) is 0.926. The van der Waals surface area contributed by atoms with Crippen molar-refractivity contribution in [3.8, 4) is 10.6 Å². The number of nitrogens with zero attached hydrogens (tertiary/aromatic N) is 2. The van der Waals surface area contributed by atoms with Gasteiger partial charge in [0.05, 0.1) is 6.26 Å². The van der Waals surface area contributed by atoms with Crippen molar-refractivity contribution in [3.05, 3.63) is 54.5 Å². The quantitative estimate of drug-likeness (QED) is 0.743. The molecule has 0 aliphatic carbocycles. The van der Waals surface area contributed by atoms with Gasteiger partial charge in [-0.05, 0) is 19.1 Å². The molecule has 0 radical (unpaired) electrons. The molecular weight excluding hydrogens is 328 g/mol. The first-order valence-corrected chi connectivity index (χ1v) is 7.99. The van der Waals surface area contributed by atoms with Gasteiger partial charge in [0.1, 0.15) is 11.0 Å². The van der Waals surface area contributed by atoms with E-state index in [1.807, 2.05) is 30.3 Å². The van der Waals surface area contributed by atoms with E-state index in [0.717, 1.165) is 5.56 Å². The number of carbonyl (C=O) groups is 2. The van der Waals surface area contributed by atoms with Crippen molar-refractivity contribution >= 4 is 28.3 Å². The smallest absolute Gasteiger partial charge is 0.287 e. The second-order valence-electron chi connectivity index (χ2n) is 4.94. The lowest BCUT2D eigenvalue weighted by molar-refractivity contribution is -0.117. The first kappa shape index (κ1) is 15.9. The Morgan fingerprint density at radius 1 is 1.12 bits per heavy atom. The monoisotopic (exact) mass is 342 g/mol. The normalized spacial score (nSPS) is 11.7. The van der Waals surface area contributed by atoms with Crippen LogP contribution >= 0.6 is 11.3 Å². The fraction of sp³-hybridized carbons (Fsp3) is 0.125. The second kappa shape index (κ2) is 7.05. The van der Waals surface area contributed by atoms with Crippen molar-refractivity contribution in [1.82, 2.24) is 15.5 Å². The number of amides is 2. The zero-order valence-electron chi connectivity index (χ0n) is 12.7. The maximum atomic E-state index is 12.1. The number of benzene rings is 1. The van der Waals surface area contributed by atoms with Gasteiger partial charge in [0.2, 0.25) is 11.0 Å². The summed E-state index contributed by atoms with van der Waals surface area (Å²) >= 11 is 1.26. The van der Waals surface area contributed by atoms with Gasteiger partial charge >= 0.3 is 0 Å². The van der Waals surface area contributed by atoms with Crippen LogP contribution in [0.2, 0.25) is 0 Å². The summed E-state index contributed by atoms with van der Waals surface area (Å²) in [6.45, 7) is 1.58. The Morgan fingerprint density at radius 3 is 2.62 bits per heavy atom. The van der Waals surface area contributed by atoms with Gasteiger partial charge in [-0.3, -0.25) is 14.9 Å². The first-order chi connectivity index (χ1) is 11.6. The van der Waals surface area contributed by atoms with Crippen LogP contribution in [0.1, 0.15) is 17.5 Å². The number of aromatic nitrogens is 2. The van der Waals surface area contributed by atoms with Gasteiger partial charge in [0.15, 0.2) is 5.76 Å². The number of hydrogen-bond acceptors (Lipinski definition) is 6. The molecule has 0 spiro atoms. The molecule has 1 unspecified atom stereocenters. The van der Waals surface area contributed by atoms with Crippen LogP contribution in [-0.4, -0.2) is 28.1 Å². The molecule has 3 rings (SSSR count). The summed E-state index contributed by atoms with van der Waals surface area (Å²) in [5, 5.41) is 14.3. The van der Waals surface area contributed by atoms with Crippen LogP contribution in [0.4, 0.5) is 5.13 Å². The highest BCUT2D eigenvalue weighted by Crippen LogP contribution is 2.25. The number of hydrogen-bond donors (Lipinski definition) is 2. The van der Waals surface area contributed by atoms with E-state index in [1.54, 1.807) is 13.0 Å². The summed E-state index contributed by atoms with van der Waals surface area (Å²) in [6, 6.07) is 11.9. The van der Waals surface area contributed by atoms with E-state index >= 15 is 0 Å². The van der Waals surface area contributed by atoms with Crippen molar-refractivity contribution in [1.29, 1.82) is 0 Å². The topological polar surface area (TPSA) is 97.1 Å². The van der Waals surface area contributed by atoms with E-state index in [0.29, 0.717) is 10.1 Å². The summed E-state index contributed by atoms with van der Waals surface area (Å²) in [6.07, 6.45) is 1.39. The molecule has 0 bridgehead atoms. The molecule has 122 valence electrons. The molecule has 1 atom stereocenters. The van der Waals surface area contributed by atoms with Gasteiger partial charge in [-0.15, -0.1) is 10.2 Å². The Hall–Kier alpha value is -3.00. The molecule has 0 saturated heterocycles. The standard InChI is InChI=1S/C16H14N4O3S/c1-10(17-14(22)12-8-5-9-23-12)13(21)18-16-20-19-15(24-16)11-6-3-2-4-7-11/h2-10H,1H3,(H,17,22)(H,18,20,21). The van der Waals surface area contributed by atoms with Gasteiger partial charge in [-0.25, -0.2) is 0 Å². The largest absolute Gasteiger partial charge is 0.459 e. The maximum absolute atomic E-state index is 12.1. The molecule has 1 aromatic carbocycles. The lowest BCUT2D eigenvalue weighted by Crippen LogP contribution is -2.41. The fourth-order valence-electron chi connectivity index (χ4n) is 1.93. The van der Waals surface area contributed by atoms with E-state index in [1.165, 1.54) is 23.7 Å². The third-order valence-electron chi connectivity index (χ3n) is 3.16. The van der Waals surface area contributed by atoms with Crippen LogP contribution in [0.15, 0.2) is 53.1 Å². The van der Waals surface area contributed by atoms with Crippen LogP contribution in [0.5, 0.6) is 0 Å². The van der Waals surface area contributed by atoms with Crippen molar-refractivity contribution in [3.63, 3.8) is 0 Å². The predicted molar refractivity (Wildman–Crippen MR) is 89.6 cm³/mol. The second-order valence-corrected chi connectivity index (χ2v) is 5.92. The molecule has 2 heterocycles. The number of carbonyl (C=O) groups excluding carboxylic acids is 2.